The van der Waals surface area contributed by atoms with E-state index in [-0.39, 0.29) is 10.8 Å². The summed E-state index contributed by atoms with van der Waals surface area (Å²) >= 11 is -1.38. The van der Waals surface area contributed by atoms with Crippen LogP contribution in [0.4, 0.5) is 0 Å². The van der Waals surface area contributed by atoms with Crippen LogP contribution in [0.25, 0.3) is 11.5 Å². The summed E-state index contributed by atoms with van der Waals surface area (Å²) in [6, 6.07) is 18.2. The molecule has 0 aromatic heterocycles. The van der Waals surface area contributed by atoms with Crippen molar-refractivity contribution in [2.45, 2.75) is 75.1 Å². The Balaban J connectivity index is 0.00000186. The van der Waals surface area contributed by atoms with Gasteiger partial charge in [0, 0.05) is 0 Å². The van der Waals surface area contributed by atoms with Crippen LogP contribution in [0.15, 0.2) is 72.8 Å². The Morgan fingerprint density at radius 1 is 0.622 bits per heavy atom. The molecular formula is C32H46HfO2Si2. The van der Waals surface area contributed by atoms with Gasteiger partial charge in [-0.25, -0.2) is 0 Å². The van der Waals surface area contributed by atoms with E-state index in [4.69, 9.17) is 8.85 Å². The van der Waals surface area contributed by atoms with Gasteiger partial charge in [-0.2, -0.15) is 0 Å². The van der Waals surface area contributed by atoms with E-state index in [9.17, 15) is 0 Å². The monoisotopic (exact) mass is 698 g/mol. The molecule has 2 atom stereocenters. The van der Waals surface area contributed by atoms with E-state index in [0.717, 1.165) is 0 Å². The second-order valence-electron chi connectivity index (χ2n) is 12.5. The van der Waals surface area contributed by atoms with E-state index >= 15 is 0 Å². The van der Waals surface area contributed by atoms with Gasteiger partial charge in [-0.3, -0.25) is 0 Å². The minimum absolute atomic E-state index is 0.0726. The van der Waals surface area contributed by atoms with Crippen LogP contribution in [0.5, 0.6) is 0 Å². The van der Waals surface area contributed by atoms with E-state index in [1.165, 1.54) is 33.8 Å². The minimum atomic E-state index is -1.38. The Bertz CT molecular complexity index is 1090. The Labute approximate surface area is 241 Å². The molecule has 0 N–H and O–H groups in total. The molecule has 0 fully saturated rings. The number of fused-ring (bicyclic) bond motifs is 2. The molecule has 0 spiro atoms. The van der Waals surface area contributed by atoms with Gasteiger partial charge in [0.05, 0.1) is 0 Å². The van der Waals surface area contributed by atoms with Crippen molar-refractivity contribution in [3.63, 3.8) is 0 Å². The Morgan fingerprint density at radius 3 is 1.24 bits per heavy atom. The molecule has 0 amide bonds. The van der Waals surface area contributed by atoms with Crippen molar-refractivity contribution in [3.8, 4) is 0 Å². The molecule has 2 unspecified atom stereocenters. The van der Waals surface area contributed by atoms with Crippen LogP contribution < -0.4 is 0 Å². The first-order valence-corrected chi connectivity index (χ1v) is 23.3. The zero-order valence-electron chi connectivity index (χ0n) is 24.7. The zero-order valence-corrected chi connectivity index (χ0v) is 30.6. The molecule has 0 aliphatic heterocycles. The molecule has 2 aliphatic rings. The van der Waals surface area contributed by atoms with E-state index < -0.39 is 41.0 Å². The van der Waals surface area contributed by atoms with Crippen molar-refractivity contribution >= 4 is 29.6 Å². The molecule has 0 radical (unpaired) electrons. The van der Waals surface area contributed by atoms with Crippen molar-refractivity contribution in [3.05, 3.63) is 95.1 Å². The fraction of sp³-hybridized carbons (Fsp3) is 0.438. The van der Waals surface area contributed by atoms with Gasteiger partial charge in [-0.15, -0.1) is 13.2 Å². The molecule has 2 aromatic rings. The van der Waals surface area contributed by atoms with Crippen molar-refractivity contribution in [2.24, 2.45) is 10.8 Å². The second-order valence-corrected chi connectivity index (χ2v) is 22.5. The molecule has 0 bridgehead atoms. The molecule has 5 heteroatoms. The van der Waals surface area contributed by atoms with Gasteiger partial charge in [-0.05, 0) is 0 Å². The standard InChI is InChI=1S/2C15H21OSi.C2H4.Hf/c2*1-15(2,3)13-10-11-8-6-7-9-12(11)14(13)16-17(4)5;1-2;/h2*6-10,17H,1-5H3;1-2H2;. The van der Waals surface area contributed by atoms with Crippen molar-refractivity contribution < 1.29 is 31.8 Å². The summed E-state index contributed by atoms with van der Waals surface area (Å²) in [5, 5.41) is 0. The molecule has 2 nitrogen and oxygen atoms in total. The summed E-state index contributed by atoms with van der Waals surface area (Å²) in [7, 11) is -2.48. The first kappa shape index (κ1) is 30.1. The van der Waals surface area contributed by atoms with E-state index in [1.807, 2.05) is 0 Å². The molecule has 0 heterocycles. The van der Waals surface area contributed by atoms with Gasteiger partial charge in [0.25, 0.3) is 0 Å². The van der Waals surface area contributed by atoms with Crippen LogP contribution in [0.3, 0.4) is 0 Å². The number of rotatable bonds is 6. The normalized spacial score (nSPS) is 19.0. The molecule has 0 saturated heterocycles. The number of hydrogen-bond acceptors (Lipinski definition) is 2. The third-order valence-corrected chi connectivity index (χ3v) is 14.9. The Hall–Kier alpha value is -1.44. The van der Waals surface area contributed by atoms with Crippen LogP contribution in [-0.4, -0.2) is 18.1 Å². The average molecular weight is 697 g/mol. The SMILES string of the molecule is C=C.C[SiH](C)OC1=C(C(C)(C)C)[CH]([Hf][CH]2C(C(C)(C)C)=C(O[SiH](C)C)c3ccccc32)c2ccccc21. The molecule has 37 heavy (non-hydrogen) atoms. The molecule has 2 aliphatic carbocycles. The van der Waals surface area contributed by atoms with Gasteiger partial charge in [0.2, 0.25) is 0 Å². The maximum absolute atomic E-state index is 6.73. The summed E-state index contributed by atoms with van der Waals surface area (Å²) in [4.78, 5) is 0. The third-order valence-electron chi connectivity index (χ3n) is 6.76. The third kappa shape index (κ3) is 6.25. The quantitative estimate of drug-likeness (QED) is 0.222. The fourth-order valence-corrected chi connectivity index (χ4v) is 16.6. The van der Waals surface area contributed by atoms with Crippen LogP contribution >= 0.6 is 0 Å². The van der Waals surface area contributed by atoms with Gasteiger partial charge in [0.15, 0.2) is 0 Å². The molecular weight excluding hydrogens is 651 g/mol. The van der Waals surface area contributed by atoms with Gasteiger partial charge < -0.3 is 0 Å². The summed E-state index contributed by atoms with van der Waals surface area (Å²) in [6.45, 7) is 29.5. The van der Waals surface area contributed by atoms with Gasteiger partial charge in [-0.1, -0.05) is 0 Å². The first-order valence-electron chi connectivity index (χ1n) is 13.6. The van der Waals surface area contributed by atoms with Gasteiger partial charge in [0.1, 0.15) is 0 Å². The zero-order chi connectivity index (χ0) is 27.7. The molecule has 4 rings (SSSR count). The molecule has 0 saturated carbocycles. The average Bonchev–Trinajstić information content (AvgIpc) is 3.28. The van der Waals surface area contributed by atoms with Crippen LogP contribution in [0, 0.1) is 10.8 Å². The number of benzene rings is 2. The molecule has 198 valence electrons. The maximum atomic E-state index is 6.73. The summed E-state index contributed by atoms with van der Waals surface area (Å²) in [6.07, 6.45) is 0. The van der Waals surface area contributed by atoms with Crippen LogP contribution in [0.1, 0.15) is 71.1 Å². The summed E-state index contributed by atoms with van der Waals surface area (Å²) in [5.41, 5.74) is 9.01. The van der Waals surface area contributed by atoms with Crippen LogP contribution in [0.2, 0.25) is 26.2 Å². The molecule has 2 aromatic carbocycles. The Morgan fingerprint density at radius 2 is 0.946 bits per heavy atom. The number of hydrogen-bond donors (Lipinski definition) is 0. The topological polar surface area (TPSA) is 18.5 Å². The van der Waals surface area contributed by atoms with Gasteiger partial charge >= 0.3 is 229 Å². The summed E-state index contributed by atoms with van der Waals surface area (Å²) < 4.78 is 14.5. The van der Waals surface area contributed by atoms with E-state index in [0.29, 0.717) is 7.35 Å². The summed E-state index contributed by atoms with van der Waals surface area (Å²) in [5.74, 6) is 2.43. The van der Waals surface area contributed by atoms with E-state index in [1.54, 1.807) is 11.1 Å². The fourth-order valence-electron chi connectivity index (χ4n) is 5.56. The van der Waals surface area contributed by atoms with Crippen molar-refractivity contribution in [1.82, 2.24) is 0 Å². The van der Waals surface area contributed by atoms with Crippen LogP contribution in [-0.2, 0) is 31.8 Å². The predicted octanol–water partition coefficient (Wildman–Crippen LogP) is 8.90. The van der Waals surface area contributed by atoms with Crippen molar-refractivity contribution in [2.75, 3.05) is 0 Å². The van der Waals surface area contributed by atoms with Crippen molar-refractivity contribution in [1.29, 1.82) is 0 Å². The number of allylic oxidation sites excluding steroid dienone is 2. The first-order chi connectivity index (χ1) is 17.3. The Kier molecular flexibility index (Phi) is 9.56. The van der Waals surface area contributed by atoms with E-state index in [2.05, 4.69) is 129 Å². The predicted molar refractivity (Wildman–Crippen MR) is 162 cm³/mol. The second kappa shape index (κ2) is 11.8.